The van der Waals surface area contributed by atoms with E-state index in [1.165, 1.54) is 4.90 Å². The zero-order chi connectivity index (χ0) is 15.5. The minimum atomic E-state index is -0.182. The molecule has 2 saturated heterocycles. The Labute approximate surface area is 130 Å². The highest BCUT2D eigenvalue weighted by molar-refractivity contribution is 6.19. The molecule has 0 aromatic heterocycles. The van der Waals surface area contributed by atoms with Gasteiger partial charge in [-0.05, 0) is 25.0 Å². The Balaban J connectivity index is 1.68. The summed E-state index contributed by atoms with van der Waals surface area (Å²) >= 11 is 0. The zero-order valence-corrected chi connectivity index (χ0v) is 12.6. The van der Waals surface area contributed by atoms with Gasteiger partial charge in [-0.1, -0.05) is 24.3 Å². The molecule has 0 spiro atoms. The average Bonchev–Trinajstić information content (AvgIpc) is 2.84. The van der Waals surface area contributed by atoms with Gasteiger partial charge in [0.25, 0.3) is 5.91 Å². The van der Waals surface area contributed by atoms with E-state index in [1.807, 2.05) is 24.3 Å². The molecule has 1 aromatic carbocycles. The highest BCUT2D eigenvalue weighted by Crippen LogP contribution is 2.26. The van der Waals surface area contributed by atoms with Crippen LogP contribution in [0.25, 0.3) is 0 Å². The van der Waals surface area contributed by atoms with E-state index >= 15 is 0 Å². The van der Waals surface area contributed by atoms with E-state index in [9.17, 15) is 9.59 Å². The number of hydrogen-bond donors (Lipinski definition) is 0. The molecule has 0 unspecified atom stereocenters. The summed E-state index contributed by atoms with van der Waals surface area (Å²) in [5.74, 6) is -0.135. The van der Waals surface area contributed by atoms with E-state index in [2.05, 4.69) is 11.5 Å². The van der Waals surface area contributed by atoms with Gasteiger partial charge >= 0.3 is 6.03 Å². The van der Waals surface area contributed by atoms with E-state index < -0.39 is 0 Å². The SMILES string of the molecule is C=CCN1CCC(N2CC(=O)N(c3ccccc3)C2=O)CC1. The molecule has 0 atom stereocenters. The molecule has 2 heterocycles. The van der Waals surface area contributed by atoms with Gasteiger partial charge in [0.05, 0.1) is 5.69 Å². The number of carbonyl (C=O) groups is 2. The lowest BCUT2D eigenvalue weighted by Crippen LogP contribution is -2.46. The first-order chi connectivity index (χ1) is 10.7. The van der Waals surface area contributed by atoms with Crippen LogP contribution in [0.2, 0.25) is 0 Å². The summed E-state index contributed by atoms with van der Waals surface area (Å²) in [7, 11) is 0. The molecule has 22 heavy (non-hydrogen) atoms. The minimum absolute atomic E-state index is 0.135. The molecule has 3 amide bonds. The molecule has 0 bridgehead atoms. The Morgan fingerprint density at radius 1 is 1.14 bits per heavy atom. The van der Waals surface area contributed by atoms with Crippen molar-refractivity contribution in [2.45, 2.75) is 18.9 Å². The van der Waals surface area contributed by atoms with Crippen molar-refractivity contribution < 1.29 is 9.59 Å². The molecule has 1 aromatic rings. The first-order valence-electron chi connectivity index (χ1n) is 7.72. The smallest absolute Gasteiger partial charge is 0.312 e. The van der Waals surface area contributed by atoms with Crippen LogP contribution < -0.4 is 4.90 Å². The van der Waals surface area contributed by atoms with Gasteiger partial charge in [-0.15, -0.1) is 6.58 Å². The van der Waals surface area contributed by atoms with Gasteiger partial charge in [0.1, 0.15) is 6.54 Å². The van der Waals surface area contributed by atoms with Crippen LogP contribution in [0.1, 0.15) is 12.8 Å². The number of rotatable bonds is 4. The molecule has 5 heteroatoms. The fourth-order valence-electron chi connectivity index (χ4n) is 3.23. The Hall–Kier alpha value is -2.14. The Bertz CT molecular complexity index is 565. The lowest BCUT2D eigenvalue weighted by Gasteiger charge is -2.35. The average molecular weight is 299 g/mol. The number of urea groups is 1. The topological polar surface area (TPSA) is 43.9 Å². The molecule has 2 fully saturated rings. The van der Waals surface area contributed by atoms with Crippen molar-refractivity contribution in [2.75, 3.05) is 31.1 Å². The van der Waals surface area contributed by atoms with Gasteiger partial charge < -0.3 is 4.90 Å². The molecule has 0 saturated carbocycles. The van der Waals surface area contributed by atoms with Gasteiger partial charge in [0.2, 0.25) is 0 Å². The van der Waals surface area contributed by atoms with Crippen LogP contribution in [0.3, 0.4) is 0 Å². The predicted molar refractivity (Wildman–Crippen MR) is 85.7 cm³/mol. The van der Waals surface area contributed by atoms with E-state index in [0.29, 0.717) is 5.69 Å². The van der Waals surface area contributed by atoms with E-state index in [1.54, 1.807) is 17.0 Å². The number of likely N-dealkylation sites (tertiary alicyclic amines) is 1. The molecule has 0 N–H and O–H groups in total. The number of piperidine rings is 1. The number of amides is 3. The molecule has 2 aliphatic rings. The Kier molecular flexibility index (Phi) is 4.24. The maximum Gasteiger partial charge on any atom is 0.332 e. The summed E-state index contributed by atoms with van der Waals surface area (Å²) < 4.78 is 0. The third-order valence-electron chi connectivity index (χ3n) is 4.39. The van der Waals surface area contributed by atoms with Crippen molar-refractivity contribution in [3.05, 3.63) is 43.0 Å². The van der Waals surface area contributed by atoms with Crippen LogP contribution in [-0.4, -0.2) is 54.0 Å². The van der Waals surface area contributed by atoms with Crippen molar-refractivity contribution >= 4 is 17.6 Å². The summed E-state index contributed by atoms with van der Waals surface area (Å²) in [6, 6.07) is 9.13. The summed E-state index contributed by atoms with van der Waals surface area (Å²) in [6.07, 6.45) is 3.73. The summed E-state index contributed by atoms with van der Waals surface area (Å²) in [5, 5.41) is 0. The highest BCUT2D eigenvalue weighted by atomic mass is 16.2. The molecule has 116 valence electrons. The standard InChI is InChI=1S/C17H21N3O2/c1-2-10-18-11-8-14(9-12-18)19-13-16(21)20(17(19)22)15-6-4-3-5-7-15/h2-7,14H,1,8-13H2. The second-order valence-corrected chi connectivity index (χ2v) is 5.80. The molecular weight excluding hydrogens is 278 g/mol. The summed E-state index contributed by atoms with van der Waals surface area (Å²) in [6.45, 7) is 6.73. The number of nitrogens with zero attached hydrogens (tertiary/aromatic N) is 3. The van der Waals surface area contributed by atoms with E-state index in [0.717, 1.165) is 32.5 Å². The van der Waals surface area contributed by atoms with Crippen LogP contribution >= 0.6 is 0 Å². The molecule has 0 aliphatic carbocycles. The maximum atomic E-state index is 12.6. The lowest BCUT2D eigenvalue weighted by molar-refractivity contribution is -0.116. The van der Waals surface area contributed by atoms with Gasteiger partial charge in [-0.3, -0.25) is 9.69 Å². The van der Waals surface area contributed by atoms with E-state index in [4.69, 9.17) is 0 Å². The third kappa shape index (κ3) is 2.76. The normalized spacial score (nSPS) is 20.7. The number of anilines is 1. The van der Waals surface area contributed by atoms with Crippen molar-refractivity contribution in [1.82, 2.24) is 9.80 Å². The van der Waals surface area contributed by atoms with Gasteiger partial charge in [-0.25, -0.2) is 9.69 Å². The molecule has 3 rings (SSSR count). The number of imide groups is 1. The Morgan fingerprint density at radius 2 is 1.82 bits per heavy atom. The molecular formula is C17H21N3O2. The molecule has 0 radical (unpaired) electrons. The number of benzene rings is 1. The van der Waals surface area contributed by atoms with Gasteiger partial charge in [0, 0.05) is 25.7 Å². The summed E-state index contributed by atoms with van der Waals surface area (Å²) in [4.78, 5) is 30.2. The number of hydrogen-bond acceptors (Lipinski definition) is 3. The van der Waals surface area contributed by atoms with Crippen LogP contribution in [-0.2, 0) is 4.79 Å². The third-order valence-corrected chi connectivity index (χ3v) is 4.39. The van der Waals surface area contributed by atoms with Crippen molar-refractivity contribution in [3.63, 3.8) is 0 Å². The van der Waals surface area contributed by atoms with E-state index in [-0.39, 0.29) is 24.5 Å². The fourth-order valence-corrected chi connectivity index (χ4v) is 3.23. The first kappa shape index (κ1) is 14.8. The second-order valence-electron chi connectivity index (χ2n) is 5.80. The minimum Gasteiger partial charge on any atom is -0.312 e. The number of carbonyl (C=O) groups excluding carboxylic acids is 2. The van der Waals surface area contributed by atoms with Crippen LogP contribution in [0.15, 0.2) is 43.0 Å². The maximum absolute atomic E-state index is 12.6. The monoisotopic (exact) mass is 299 g/mol. The highest BCUT2D eigenvalue weighted by Gasteiger charge is 2.41. The summed E-state index contributed by atoms with van der Waals surface area (Å²) in [5.41, 5.74) is 0.657. The first-order valence-corrected chi connectivity index (χ1v) is 7.72. The largest absolute Gasteiger partial charge is 0.332 e. The lowest BCUT2D eigenvalue weighted by atomic mass is 10.0. The van der Waals surface area contributed by atoms with Crippen molar-refractivity contribution in [1.29, 1.82) is 0 Å². The van der Waals surface area contributed by atoms with Gasteiger partial charge in [-0.2, -0.15) is 0 Å². The zero-order valence-electron chi connectivity index (χ0n) is 12.6. The second kappa shape index (κ2) is 6.32. The fraction of sp³-hybridized carbons (Fsp3) is 0.412. The van der Waals surface area contributed by atoms with Crippen molar-refractivity contribution in [3.8, 4) is 0 Å². The Morgan fingerprint density at radius 3 is 2.45 bits per heavy atom. The van der Waals surface area contributed by atoms with Crippen LogP contribution in [0.5, 0.6) is 0 Å². The van der Waals surface area contributed by atoms with Crippen molar-refractivity contribution in [2.24, 2.45) is 0 Å². The van der Waals surface area contributed by atoms with Crippen LogP contribution in [0, 0.1) is 0 Å². The predicted octanol–water partition coefficient (Wildman–Crippen LogP) is 2.11. The number of para-hydroxylation sites is 1. The van der Waals surface area contributed by atoms with Crippen LogP contribution in [0.4, 0.5) is 10.5 Å². The van der Waals surface area contributed by atoms with Gasteiger partial charge in [0.15, 0.2) is 0 Å². The quantitative estimate of drug-likeness (QED) is 0.632. The molecule has 2 aliphatic heterocycles. The molecule has 5 nitrogen and oxygen atoms in total.